The van der Waals surface area contributed by atoms with Gasteiger partial charge in [0, 0.05) is 44.6 Å². The van der Waals surface area contributed by atoms with Crippen LogP contribution in [0.3, 0.4) is 0 Å². The highest BCUT2D eigenvalue weighted by molar-refractivity contribution is 5.54. The Labute approximate surface area is 95.9 Å². The molecule has 2 rings (SSSR count). The van der Waals surface area contributed by atoms with Crippen LogP contribution in [0.25, 0.3) is 0 Å². The van der Waals surface area contributed by atoms with Gasteiger partial charge >= 0.3 is 0 Å². The molecule has 16 heavy (non-hydrogen) atoms. The summed E-state index contributed by atoms with van der Waals surface area (Å²) >= 11 is 0. The number of anilines is 2. The van der Waals surface area contributed by atoms with Crippen LogP contribution in [-0.4, -0.2) is 33.6 Å². The maximum absolute atomic E-state index is 5.65. The van der Waals surface area contributed by atoms with Crippen LogP contribution < -0.4 is 10.6 Å². The molecule has 0 radical (unpaired) electrons. The Morgan fingerprint density at radius 2 is 1.75 bits per heavy atom. The average molecular weight is 222 g/mol. The van der Waals surface area contributed by atoms with Gasteiger partial charge in [0.2, 0.25) is 0 Å². The van der Waals surface area contributed by atoms with E-state index in [0.29, 0.717) is 5.92 Å². The lowest BCUT2D eigenvalue weighted by Crippen LogP contribution is -2.53. The van der Waals surface area contributed by atoms with Crippen LogP contribution in [0.4, 0.5) is 11.4 Å². The molecule has 1 aromatic rings. The van der Waals surface area contributed by atoms with E-state index >= 15 is 0 Å². The Balaban J connectivity index is 1.90. The number of hydrogen-bond donors (Lipinski definition) is 1. The Kier molecular flexibility index (Phi) is 3.31. The number of benzene rings is 1. The maximum Gasteiger partial charge on any atom is 0.162 e. The first-order valence-corrected chi connectivity index (χ1v) is 5.40. The minimum atomic E-state index is -0.0926. The monoisotopic (exact) mass is 222 g/mol. The molecule has 0 aromatic heterocycles. The predicted octanol–water partition coefficient (Wildman–Crippen LogP) is 1.32. The first kappa shape index (κ1) is 11.2. The van der Waals surface area contributed by atoms with E-state index in [1.807, 2.05) is 24.3 Å². The Bertz CT molecular complexity index is 329. The summed E-state index contributed by atoms with van der Waals surface area (Å²) in [4.78, 5) is 2.29. The molecule has 2 N–H and O–H groups in total. The number of nitrogen functional groups attached to an aromatic ring is 1. The van der Waals surface area contributed by atoms with E-state index < -0.39 is 0 Å². The largest absolute Gasteiger partial charge is 0.399 e. The van der Waals surface area contributed by atoms with Crippen molar-refractivity contribution in [2.45, 2.75) is 6.29 Å². The van der Waals surface area contributed by atoms with Gasteiger partial charge in [-0.3, -0.25) is 0 Å². The molecule has 1 aromatic carbocycles. The molecule has 4 nitrogen and oxygen atoms in total. The molecule has 88 valence electrons. The molecule has 0 saturated carbocycles. The molecule has 1 saturated heterocycles. The van der Waals surface area contributed by atoms with Gasteiger partial charge in [-0.15, -0.1) is 0 Å². The van der Waals surface area contributed by atoms with E-state index in [2.05, 4.69) is 4.90 Å². The summed E-state index contributed by atoms with van der Waals surface area (Å²) in [5.74, 6) is 0.451. The van der Waals surface area contributed by atoms with Crippen molar-refractivity contribution in [3.8, 4) is 0 Å². The van der Waals surface area contributed by atoms with E-state index in [-0.39, 0.29) is 6.29 Å². The van der Waals surface area contributed by atoms with Gasteiger partial charge in [0.25, 0.3) is 0 Å². The van der Waals surface area contributed by atoms with E-state index in [4.69, 9.17) is 15.2 Å². The minimum absolute atomic E-state index is 0.0926. The fourth-order valence-corrected chi connectivity index (χ4v) is 2.06. The Morgan fingerprint density at radius 3 is 2.25 bits per heavy atom. The fraction of sp³-hybridized carbons (Fsp3) is 0.500. The zero-order valence-electron chi connectivity index (χ0n) is 9.72. The van der Waals surface area contributed by atoms with E-state index in [0.717, 1.165) is 18.8 Å². The van der Waals surface area contributed by atoms with Crippen LogP contribution in [0.15, 0.2) is 24.3 Å². The summed E-state index contributed by atoms with van der Waals surface area (Å²) in [5, 5.41) is 0. The van der Waals surface area contributed by atoms with Crippen LogP contribution in [0.1, 0.15) is 0 Å². The molecule has 0 spiro atoms. The third-order valence-corrected chi connectivity index (χ3v) is 3.02. The van der Waals surface area contributed by atoms with Crippen molar-refractivity contribution in [2.24, 2.45) is 5.92 Å². The second-order valence-corrected chi connectivity index (χ2v) is 4.10. The van der Waals surface area contributed by atoms with Gasteiger partial charge in [-0.05, 0) is 24.3 Å². The molecule has 1 fully saturated rings. The maximum atomic E-state index is 5.65. The third-order valence-electron chi connectivity index (χ3n) is 3.02. The SMILES string of the molecule is COC(OC)C1CN(c2ccc(N)cc2)C1. The zero-order chi connectivity index (χ0) is 11.5. The summed E-state index contributed by atoms with van der Waals surface area (Å²) in [5.41, 5.74) is 7.65. The third kappa shape index (κ3) is 2.13. The van der Waals surface area contributed by atoms with E-state index in [1.54, 1.807) is 14.2 Å². The van der Waals surface area contributed by atoms with Gasteiger partial charge < -0.3 is 20.1 Å². The molecule has 1 aliphatic rings. The lowest BCUT2D eigenvalue weighted by atomic mass is 9.98. The number of nitrogens with two attached hydrogens (primary N) is 1. The second-order valence-electron chi connectivity index (χ2n) is 4.10. The fourth-order valence-electron chi connectivity index (χ4n) is 2.06. The molecule has 0 unspecified atom stereocenters. The van der Waals surface area contributed by atoms with Gasteiger partial charge in [0.1, 0.15) is 0 Å². The topological polar surface area (TPSA) is 47.7 Å². The molecule has 1 aliphatic heterocycles. The molecule has 0 aliphatic carbocycles. The van der Waals surface area contributed by atoms with Crippen molar-refractivity contribution in [3.05, 3.63) is 24.3 Å². The molecule has 1 heterocycles. The first-order chi connectivity index (χ1) is 7.74. The number of nitrogens with zero attached hydrogens (tertiary/aromatic N) is 1. The van der Waals surface area contributed by atoms with Crippen molar-refractivity contribution in [2.75, 3.05) is 37.9 Å². The van der Waals surface area contributed by atoms with Crippen LogP contribution in [-0.2, 0) is 9.47 Å². The van der Waals surface area contributed by atoms with Crippen LogP contribution in [0.5, 0.6) is 0 Å². The Hall–Kier alpha value is -1.26. The average Bonchev–Trinajstić information content (AvgIpc) is 2.24. The van der Waals surface area contributed by atoms with Gasteiger partial charge in [0.15, 0.2) is 6.29 Å². The molecular weight excluding hydrogens is 204 g/mol. The van der Waals surface area contributed by atoms with Crippen molar-refractivity contribution in [1.82, 2.24) is 0 Å². The highest BCUT2D eigenvalue weighted by atomic mass is 16.7. The van der Waals surface area contributed by atoms with Crippen molar-refractivity contribution in [1.29, 1.82) is 0 Å². The first-order valence-electron chi connectivity index (χ1n) is 5.40. The standard InChI is InChI=1S/C12H18N2O2/c1-15-12(16-2)9-7-14(8-9)11-5-3-10(13)4-6-11/h3-6,9,12H,7-8,13H2,1-2H3. The summed E-state index contributed by atoms with van der Waals surface area (Å²) < 4.78 is 10.5. The predicted molar refractivity (Wildman–Crippen MR) is 64.4 cm³/mol. The van der Waals surface area contributed by atoms with E-state index in [9.17, 15) is 0 Å². The second kappa shape index (κ2) is 4.72. The summed E-state index contributed by atoms with van der Waals surface area (Å²) in [6.45, 7) is 1.94. The van der Waals surface area contributed by atoms with Gasteiger partial charge in [-0.25, -0.2) is 0 Å². The number of ether oxygens (including phenoxy) is 2. The van der Waals surface area contributed by atoms with Crippen LogP contribution in [0.2, 0.25) is 0 Å². The molecular formula is C12H18N2O2. The van der Waals surface area contributed by atoms with Crippen molar-refractivity contribution in [3.63, 3.8) is 0 Å². The van der Waals surface area contributed by atoms with E-state index in [1.165, 1.54) is 5.69 Å². The molecule has 0 atom stereocenters. The van der Waals surface area contributed by atoms with Gasteiger partial charge in [-0.1, -0.05) is 0 Å². The molecule has 0 bridgehead atoms. The van der Waals surface area contributed by atoms with Gasteiger partial charge in [-0.2, -0.15) is 0 Å². The smallest absolute Gasteiger partial charge is 0.162 e. The Morgan fingerprint density at radius 1 is 1.19 bits per heavy atom. The number of hydrogen-bond acceptors (Lipinski definition) is 4. The lowest BCUT2D eigenvalue weighted by molar-refractivity contribution is -0.142. The number of rotatable bonds is 4. The van der Waals surface area contributed by atoms with Crippen molar-refractivity contribution >= 4 is 11.4 Å². The van der Waals surface area contributed by atoms with Gasteiger partial charge in [0.05, 0.1) is 0 Å². The molecule has 0 amide bonds. The normalized spacial score (nSPS) is 16.6. The van der Waals surface area contributed by atoms with Crippen LogP contribution >= 0.6 is 0 Å². The minimum Gasteiger partial charge on any atom is -0.399 e. The molecule has 4 heteroatoms. The van der Waals surface area contributed by atoms with Crippen molar-refractivity contribution < 1.29 is 9.47 Å². The quantitative estimate of drug-likeness (QED) is 0.616. The lowest BCUT2D eigenvalue weighted by Gasteiger charge is -2.43. The summed E-state index contributed by atoms with van der Waals surface area (Å²) in [7, 11) is 3.36. The number of methoxy groups -OCH3 is 2. The highest BCUT2D eigenvalue weighted by Gasteiger charge is 2.33. The zero-order valence-corrected chi connectivity index (χ0v) is 9.72. The van der Waals surface area contributed by atoms with Crippen LogP contribution in [0, 0.1) is 5.92 Å². The summed E-state index contributed by atoms with van der Waals surface area (Å²) in [6.07, 6.45) is -0.0926. The highest BCUT2D eigenvalue weighted by Crippen LogP contribution is 2.28. The summed E-state index contributed by atoms with van der Waals surface area (Å²) in [6, 6.07) is 7.93.